The highest BCUT2D eigenvalue weighted by Crippen LogP contribution is 2.25. The summed E-state index contributed by atoms with van der Waals surface area (Å²) in [5.41, 5.74) is 0.376. The average Bonchev–Trinajstić information content (AvgIpc) is 2.68. The van der Waals surface area contributed by atoms with E-state index in [0.29, 0.717) is 18.5 Å². The summed E-state index contributed by atoms with van der Waals surface area (Å²) in [7, 11) is -7.66. The number of nitrogens with one attached hydrogen (secondary N) is 1. The Bertz CT molecular complexity index is 1100. The van der Waals surface area contributed by atoms with Crippen molar-refractivity contribution < 1.29 is 26.0 Å². The molecule has 0 unspecified atom stereocenters. The molecule has 1 atom stereocenters. The van der Waals surface area contributed by atoms with Crippen LogP contribution in [0.2, 0.25) is 0 Å². The fourth-order valence-corrected chi connectivity index (χ4v) is 5.14. The van der Waals surface area contributed by atoms with Crippen LogP contribution in [-0.4, -0.2) is 40.1 Å². The molecule has 1 aliphatic rings. The summed E-state index contributed by atoms with van der Waals surface area (Å²) >= 11 is 0. The molecule has 1 saturated heterocycles. The van der Waals surface area contributed by atoms with E-state index in [9.17, 15) is 26.0 Å². The Kier molecular flexibility index (Phi) is 6.03. The first-order valence-corrected chi connectivity index (χ1v) is 11.8. The van der Waals surface area contributed by atoms with Crippen molar-refractivity contribution in [2.24, 2.45) is 11.1 Å². The van der Waals surface area contributed by atoms with Crippen LogP contribution in [0.1, 0.15) is 12.8 Å². The third-order valence-electron chi connectivity index (χ3n) is 4.66. The first-order chi connectivity index (χ1) is 13.6. The van der Waals surface area contributed by atoms with Gasteiger partial charge in [-0.05, 0) is 61.4 Å². The van der Waals surface area contributed by atoms with Crippen LogP contribution in [0.5, 0.6) is 0 Å². The molecule has 0 spiro atoms. The molecule has 2 aromatic rings. The molecule has 29 heavy (non-hydrogen) atoms. The van der Waals surface area contributed by atoms with E-state index in [2.05, 4.69) is 5.32 Å². The van der Waals surface area contributed by atoms with E-state index >= 15 is 0 Å². The maximum atomic E-state index is 13.1. The lowest BCUT2D eigenvalue weighted by Gasteiger charge is -2.31. The van der Waals surface area contributed by atoms with Gasteiger partial charge in [-0.3, -0.25) is 4.79 Å². The van der Waals surface area contributed by atoms with Gasteiger partial charge in [-0.2, -0.15) is 4.31 Å². The molecule has 8 nitrogen and oxygen atoms in total. The molecule has 3 rings (SSSR count). The van der Waals surface area contributed by atoms with Crippen LogP contribution in [0, 0.1) is 11.7 Å². The fraction of sp³-hybridized carbons (Fsp3) is 0.278. The van der Waals surface area contributed by atoms with E-state index in [1.165, 1.54) is 40.7 Å². The van der Waals surface area contributed by atoms with Crippen LogP contribution < -0.4 is 10.5 Å². The predicted octanol–water partition coefficient (Wildman–Crippen LogP) is 1.51. The van der Waals surface area contributed by atoms with Gasteiger partial charge < -0.3 is 5.32 Å². The maximum absolute atomic E-state index is 13.1. The fourth-order valence-electron chi connectivity index (χ4n) is 3.10. The number of carbonyl (C=O) groups is 1. The number of amides is 1. The van der Waals surface area contributed by atoms with Crippen molar-refractivity contribution in [3.8, 4) is 0 Å². The van der Waals surface area contributed by atoms with Gasteiger partial charge in [0.2, 0.25) is 26.0 Å². The number of halogens is 1. The van der Waals surface area contributed by atoms with Crippen molar-refractivity contribution in [2.45, 2.75) is 22.6 Å². The molecule has 11 heteroatoms. The molecule has 1 fully saturated rings. The van der Waals surface area contributed by atoms with Gasteiger partial charge in [0.05, 0.1) is 15.7 Å². The Labute approximate surface area is 168 Å². The first-order valence-electron chi connectivity index (χ1n) is 8.77. The summed E-state index contributed by atoms with van der Waals surface area (Å²) in [5, 5.41) is 7.70. The van der Waals surface area contributed by atoms with Gasteiger partial charge in [0.25, 0.3) is 0 Å². The molecule has 1 heterocycles. The Morgan fingerprint density at radius 3 is 2.17 bits per heavy atom. The Morgan fingerprint density at radius 1 is 1.00 bits per heavy atom. The molecule has 1 amide bonds. The standard InChI is InChI=1S/C18H20FN3O5S2/c19-14-3-7-17(8-4-14)29(26,27)22-11-1-2-13(12-22)18(23)21-15-5-9-16(10-6-15)28(20,24)25/h3-10,13H,1-2,11-12H2,(H,21,23)(H2,20,24,25)/t13-/m1/s1. The van der Waals surface area contributed by atoms with E-state index in [-0.39, 0.29) is 28.8 Å². The smallest absolute Gasteiger partial charge is 0.243 e. The lowest BCUT2D eigenvalue weighted by Crippen LogP contribution is -2.43. The minimum Gasteiger partial charge on any atom is -0.326 e. The highest BCUT2D eigenvalue weighted by molar-refractivity contribution is 7.89. The van der Waals surface area contributed by atoms with E-state index < -0.39 is 31.8 Å². The number of rotatable bonds is 5. The van der Waals surface area contributed by atoms with E-state index in [0.717, 1.165) is 12.1 Å². The number of carbonyl (C=O) groups excluding carboxylic acids is 1. The maximum Gasteiger partial charge on any atom is 0.243 e. The summed E-state index contributed by atoms with van der Waals surface area (Å²) in [6.45, 7) is 0.271. The molecule has 1 aliphatic heterocycles. The van der Waals surface area contributed by atoms with Gasteiger partial charge in [0.1, 0.15) is 5.82 Å². The molecular weight excluding hydrogens is 421 g/mol. The lowest BCUT2D eigenvalue weighted by molar-refractivity contribution is -0.120. The Hall–Kier alpha value is -2.34. The van der Waals surface area contributed by atoms with E-state index in [1.54, 1.807) is 0 Å². The van der Waals surface area contributed by atoms with Crippen molar-refractivity contribution >= 4 is 31.6 Å². The zero-order valence-corrected chi connectivity index (χ0v) is 16.9. The number of benzene rings is 2. The molecule has 2 aromatic carbocycles. The minimum absolute atomic E-state index is 0.000800. The normalized spacial score (nSPS) is 18.3. The third kappa shape index (κ3) is 4.99. The summed E-state index contributed by atoms with van der Waals surface area (Å²) in [6, 6.07) is 9.91. The van der Waals surface area contributed by atoms with Crippen molar-refractivity contribution in [2.75, 3.05) is 18.4 Å². The first kappa shape index (κ1) is 21.4. The van der Waals surface area contributed by atoms with Crippen molar-refractivity contribution in [3.05, 3.63) is 54.3 Å². The summed E-state index contributed by atoms with van der Waals surface area (Å²) in [5.74, 6) is -1.47. The van der Waals surface area contributed by atoms with Crippen LogP contribution in [0.4, 0.5) is 10.1 Å². The Morgan fingerprint density at radius 2 is 1.59 bits per heavy atom. The summed E-state index contributed by atoms with van der Waals surface area (Å²) in [6.07, 6.45) is 1.01. The molecule has 3 N–H and O–H groups in total. The van der Waals surface area contributed by atoms with E-state index in [4.69, 9.17) is 5.14 Å². The lowest BCUT2D eigenvalue weighted by atomic mass is 9.99. The minimum atomic E-state index is -3.83. The largest absolute Gasteiger partial charge is 0.326 e. The monoisotopic (exact) mass is 441 g/mol. The van der Waals surface area contributed by atoms with Gasteiger partial charge >= 0.3 is 0 Å². The molecule has 0 bridgehead atoms. The highest BCUT2D eigenvalue weighted by Gasteiger charge is 2.33. The van der Waals surface area contributed by atoms with Gasteiger partial charge in [0.15, 0.2) is 0 Å². The van der Waals surface area contributed by atoms with Gasteiger partial charge in [0, 0.05) is 18.8 Å². The van der Waals surface area contributed by atoms with Crippen molar-refractivity contribution in [3.63, 3.8) is 0 Å². The number of hydrogen-bond acceptors (Lipinski definition) is 5. The molecule has 0 radical (unpaired) electrons. The quantitative estimate of drug-likeness (QED) is 0.727. The topological polar surface area (TPSA) is 127 Å². The average molecular weight is 442 g/mol. The second-order valence-electron chi connectivity index (χ2n) is 6.71. The number of nitrogens with two attached hydrogens (primary N) is 1. The predicted molar refractivity (Wildman–Crippen MR) is 104 cm³/mol. The molecule has 0 saturated carbocycles. The van der Waals surface area contributed by atoms with Crippen LogP contribution in [-0.2, 0) is 24.8 Å². The van der Waals surface area contributed by atoms with Gasteiger partial charge in [-0.25, -0.2) is 26.4 Å². The second-order valence-corrected chi connectivity index (χ2v) is 10.2. The van der Waals surface area contributed by atoms with E-state index in [1.807, 2.05) is 0 Å². The molecule has 0 aliphatic carbocycles. The second kappa shape index (κ2) is 8.19. The number of primary sulfonamides is 1. The van der Waals surface area contributed by atoms with Gasteiger partial charge in [-0.1, -0.05) is 0 Å². The number of nitrogens with zero attached hydrogens (tertiary/aromatic N) is 1. The number of anilines is 1. The third-order valence-corrected chi connectivity index (χ3v) is 7.47. The zero-order chi connectivity index (χ0) is 21.2. The van der Waals surface area contributed by atoms with Crippen molar-refractivity contribution in [1.82, 2.24) is 4.31 Å². The number of sulfonamides is 2. The number of piperidine rings is 1. The van der Waals surface area contributed by atoms with Crippen LogP contribution in [0.15, 0.2) is 58.3 Å². The molecule has 156 valence electrons. The van der Waals surface area contributed by atoms with Crippen LogP contribution >= 0.6 is 0 Å². The summed E-state index contributed by atoms with van der Waals surface area (Å²) in [4.78, 5) is 12.5. The van der Waals surface area contributed by atoms with Gasteiger partial charge in [-0.15, -0.1) is 0 Å². The highest BCUT2D eigenvalue weighted by atomic mass is 32.2. The summed E-state index contributed by atoms with van der Waals surface area (Å²) < 4.78 is 62.4. The molecular formula is C18H20FN3O5S2. The molecule has 0 aromatic heterocycles. The van der Waals surface area contributed by atoms with Crippen LogP contribution in [0.25, 0.3) is 0 Å². The SMILES string of the molecule is NS(=O)(=O)c1ccc(NC(=O)[C@@H]2CCCN(S(=O)(=O)c3ccc(F)cc3)C2)cc1. The number of hydrogen-bond donors (Lipinski definition) is 2. The van der Waals surface area contributed by atoms with Crippen molar-refractivity contribution in [1.29, 1.82) is 0 Å². The van der Waals surface area contributed by atoms with Crippen LogP contribution in [0.3, 0.4) is 0 Å². The zero-order valence-electron chi connectivity index (χ0n) is 15.3. The Balaban J connectivity index is 1.70.